The molecule has 15 heteroatoms. The molecular weight excluding hydrogens is 677 g/mol. The molecule has 254 valence electrons. The van der Waals surface area contributed by atoms with E-state index in [2.05, 4.69) is 19.9 Å². The van der Waals surface area contributed by atoms with Gasteiger partial charge in [0.2, 0.25) is 0 Å². The average molecular weight is 709 g/mol. The molecule has 0 bridgehead atoms. The lowest BCUT2D eigenvalue weighted by Crippen LogP contribution is -2.61. The molecule has 0 amide bonds. The molecule has 2 aromatic carbocycles. The number of hydrogen-bond acceptors (Lipinski definition) is 11. The standard InChI is InChI=1S/C34H32ClF3N8O2S/c1-33-9-7-20(33)46(13-16-4-2-10-41-29(16)39)30-22-26(43-32(44-30)47-15-34-8-3-11-45(34)14-17(36)12-34)24(38)21(23(35)27(22)48-33)18-5-6-19(37)28-25(18)42-31(40)49-28/h2,4-6,10,17,20H,3,7-9,11-15H2,1H3,(H2,39,41)(H2,40,42)/t17-,20+,33+,34+/m1/s1. The number of halogens is 4. The summed E-state index contributed by atoms with van der Waals surface area (Å²) in [7, 11) is 0. The van der Waals surface area contributed by atoms with E-state index in [9.17, 15) is 8.78 Å². The van der Waals surface area contributed by atoms with E-state index in [1.165, 1.54) is 12.1 Å². The highest BCUT2D eigenvalue weighted by atomic mass is 35.5. The van der Waals surface area contributed by atoms with Crippen molar-refractivity contribution in [2.24, 2.45) is 0 Å². The Morgan fingerprint density at radius 1 is 1.14 bits per heavy atom. The van der Waals surface area contributed by atoms with Crippen LogP contribution in [0.3, 0.4) is 0 Å². The summed E-state index contributed by atoms with van der Waals surface area (Å²) in [4.78, 5) is 22.4. The van der Waals surface area contributed by atoms with Crippen molar-refractivity contribution in [3.63, 3.8) is 0 Å². The second-order valence-electron chi connectivity index (χ2n) is 13.7. The predicted molar refractivity (Wildman–Crippen MR) is 183 cm³/mol. The van der Waals surface area contributed by atoms with Crippen LogP contribution in [0.1, 0.15) is 44.6 Å². The first-order valence-corrected chi connectivity index (χ1v) is 17.5. The van der Waals surface area contributed by atoms with Gasteiger partial charge in [-0.15, -0.1) is 0 Å². The van der Waals surface area contributed by atoms with Crippen LogP contribution in [0, 0.1) is 11.6 Å². The fourth-order valence-electron chi connectivity index (χ4n) is 8.30. The molecule has 5 aromatic rings. The molecule has 49 heavy (non-hydrogen) atoms. The van der Waals surface area contributed by atoms with Crippen molar-refractivity contribution >= 4 is 60.8 Å². The Morgan fingerprint density at radius 3 is 2.80 bits per heavy atom. The van der Waals surface area contributed by atoms with Crippen LogP contribution in [0.5, 0.6) is 11.8 Å². The number of pyridine rings is 1. The first kappa shape index (κ1) is 30.9. The van der Waals surface area contributed by atoms with Crippen LogP contribution in [0.25, 0.3) is 32.2 Å². The third-order valence-electron chi connectivity index (χ3n) is 10.8. The largest absolute Gasteiger partial charge is 0.483 e. The topological polar surface area (TPSA) is 129 Å². The highest BCUT2D eigenvalue weighted by molar-refractivity contribution is 7.22. The van der Waals surface area contributed by atoms with Crippen molar-refractivity contribution < 1.29 is 22.6 Å². The van der Waals surface area contributed by atoms with Gasteiger partial charge in [-0.05, 0) is 57.4 Å². The number of nitrogens with zero attached hydrogens (tertiary/aromatic N) is 6. The van der Waals surface area contributed by atoms with Crippen molar-refractivity contribution in [1.82, 2.24) is 24.8 Å². The summed E-state index contributed by atoms with van der Waals surface area (Å²) in [6.45, 7) is 3.59. The van der Waals surface area contributed by atoms with Gasteiger partial charge < -0.3 is 25.8 Å². The first-order valence-electron chi connectivity index (χ1n) is 16.3. The second kappa shape index (κ2) is 10.9. The SMILES string of the molecule is C[C@]12CC[C@@H]1N(Cc1cccnc1N)c1nc(OC[C@@]34CCCN3C[C@H](F)C4)nc3c(F)c(-c4ccc(F)c5sc(N)nc45)c(Cl)c(c13)O2. The molecule has 3 aliphatic heterocycles. The monoisotopic (exact) mass is 708 g/mol. The van der Waals surface area contributed by atoms with Crippen molar-refractivity contribution in [2.45, 2.75) is 68.9 Å². The number of rotatable bonds is 6. The molecule has 4 aliphatic rings. The quantitative estimate of drug-likeness (QED) is 0.197. The van der Waals surface area contributed by atoms with Gasteiger partial charge in [-0.2, -0.15) is 9.97 Å². The van der Waals surface area contributed by atoms with Gasteiger partial charge in [0.1, 0.15) is 41.3 Å². The molecule has 3 fully saturated rings. The maximum atomic E-state index is 17.3. The average Bonchev–Trinajstić information content (AvgIpc) is 3.73. The first-order chi connectivity index (χ1) is 23.5. The number of benzene rings is 2. The van der Waals surface area contributed by atoms with E-state index in [0.717, 1.165) is 42.7 Å². The minimum absolute atomic E-state index is 0.0157. The fourth-order valence-corrected chi connectivity index (χ4v) is 9.38. The predicted octanol–water partition coefficient (Wildman–Crippen LogP) is 6.67. The Morgan fingerprint density at radius 2 is 2.00 bits per heavy atom. The van der Waals surface area contributed by atoms with E-state index < -0.39 is 28.9 Å². The lowest BCUT2D eigenvalue weighted by Gasteiger charge is -2.50. The maximum absolute atomic E-state index is 17.3. The van der Waals surface area contributed by atoms with Gasteiger partial charge >= 0.3 is 6.01 Å². The normalized spacial score (nSPS) is 26.0. The lowest BCUT2D eigenvalue weighted by atomic mass is 9.75. The Balaban J connectivity index is 1.27. The number of anilines is 3. The van der Waals surface area contributed by atoms with E-state index in [4.69, 9.17) is 37.5 Å². The molecule has 9 rings (SSSR count). The number of ether oxygens (including phenoxy) is 2. The summed E-state index contributed by atoms with van der Waals surface area (Å²) in [5.74, 6) is -0.359. The molecule has 0 radical (unpaired) electrons. The number of nitrogens with two attached hydrogens (primary N) is 2. The van der Waals surface area contributed by atoms with E-state index in [-0.39, 0.29) is 66.8 Å². The number of nitrogen functional groups attached to an aromatic ring is 2. The zero-order chi connectivity index (χ0) is 33.8. The summed E-state index contributed by atoms with van der Waals surface area (Å²) >= 11 is 8.12. The summed E-state index contributed by atoms with van der Waals surface area (Å²) in [6.07, 6.45) is 4.19. The molecule has 0 unspecified atom stereocenters. The Hall–Kier alpha value is -4.14. The molecule has 1 saturated carbocycles. The zero-order valence-corrected chi connectivity index (χ0v) is 28.1. The number of alkyl halides is 1. The third kappa shape index (κ3) is 4.63. The van der Waals surface area contributed by atoms with Crippen LogP contribution in [0.2, 0.25) is 5.02 Å². The van der Waals surface area contributed by atoms with Crippen LogP contribution in [-0.2, 0) is 6.54 Å². The van der Waals surface area contributed by atoms with Crippen molar-refractivity contribution in [3.05, 3.63) is 52.7 Å². The van der Waals surface area contributed by atoms with Crippen LogP contribution >= 0.6 is 22.9 Å². The number of aromatic nitrogens is 4. The number of thiazole rings is 1. The van der Waals surface area contributed by atoms with Crippen molar-refractivity contribution in [2.75, 3.05) is 36.1 Å². The van der Waals surface area contributed by atoms with Crippen LogP contribution in [-0.4, -0.2) is 67.9 Å². The van der Waals surface area contributed by atoms with Gasteiger partial charge in [0.15, 0.2) is 16.7 Å². The van der Waals surface area contributed by atoms with Gasteiger partial charge in [0.25, 0.3) is 0 Å². The molecule has 4 N–H and O–H groups in total. The molecule has 2 saturated heterocycles. The van der Waals surface area contributed by atoms with Crippen molar-refractivity contribution in [1.29, 1.82) is 0 Å². The van der Waals surface area contributed by atoms with Crippen LogP contribution in [0.15, 0.2) is 30.5 Å². The van der Waals surface area contributed by atoms with E-state index >= 15 is 4.39 Å². The van der Waals surface area contributed by atoms with Gasteiger partial charge in [-0.25, -0.2) is 23.1 Å². The fraction of sp³-hybridized carbons (Fsp3) is 0.412. The lowest BCUT2D eigenvalue weighted by molar-refractivity contribution is -0.0125. The molecule has 4 atom stereocenters. The summed E-state index contributed by atoms with van der Waals surface area (Å²) in [5.41, 5.74) is 12.1. The molecule has 6 heterocycles. The number of hydrogen-bond donors (Lipinski definition) is 2. The third-order valence-corrected chi connectivity index (χ3v) is 12.1. The van der Waals surface area contributed by atoms with Gasteiger partial charge in [-0.3, -0.25) is 4.90 Å². The van der Waals surface area contributed by atoms with E-state index in [0.29, 0.717) is 37.6 Å². The Labute approximate surface area is 288 Å². The highest BCUT2D eigenvalue weighted by Crippen LogP contribution is 2.55. The summed E-state index contributed by atoms with van der Waals surface area (Å²) in [5, 5.41) is 0.391. The minimum Gasteiger partial charge on any atom is -0.483 e. The summed E-state index contributed by atoms with van der Waals surface area (Å²) < 4.78 is 60.1. The highest BCUT2D eigenvalue weighted by Gasteiger charge is 2.53. The van der Waals surface area contributed by atoms with E-state index in [1.807, 2.05) is 24.0 Å². The Bertz CT molecular complexity index is 2190. The van der Waals surface area contributed by atoms with Crippen molar-refractivity contribution in [3.8, 4) is 22.9 Å². The van der Waals surface area contributed by atoms with Crippen LogP contribution in [0.4, 0.5) is 29.9 Å². The second-order valence-corrected chi connectivity index (χ2v) is 15.1. The molecular formula is C34H32ClF3N8O2S. The number of fused-ring (bicyclic) bond motifs is 3. The van der Waals surface area contributed by atoms with Gasteiger partial charge in [0.05, 0.1) is 32.2 Å². The summed E-state index contributed by atoms with van der Waals surface area (Å²) in [6, 6.07) is 6.11. The van der Waals surface area contributed by atoms with Crippen LogP contribution < -0.4 is 25.8 Å². The van der Waals surface area contributed by atoms with Gasteiger partial charge in [-0.1, -0.05) is 29.0 Å². The van der Waals surface area contributed by atoms with Gasteiger partial charge in [0, 0.05) is 42.4 Å². The van der Waals surface area contributed by atoms with E-state index in [1.54, 1.807) is 6.20 Å². The molecule has 0 spiro atoms. The Kier molecular flexibility index (Phi) is 6.89. The molecule has 3 aromatic heterocycles. The molecule has 1 aliphatic carbocycles. The molecule has 10 nitrogen and oxygen atoms in total. The minimum atomic E-state index is -0.947. The smallest absolute Gasteiger partial charge is 0.319 e. The maximum Gasteiger partial charge on any atom is 0.319 e. The zero-order valence-electron chi connectivity index (χ0n) is 26.5.